The molecule has 0 amide bonds. The van der Waals surface area contributed by atoms with Gasteiger partial charge in [-0.15, -0.1) is 0 Å². The lowest BCUT2D eigenvalue weighted by molar-refractivity contribution is 0.0965. The Hall–Kier alpha value is -2.97. The van der Waals surface area contributed by atoms with Crippen molar-refractivity contribution in [1.29, 1.82) is 0 Å². The van der Waals surface area contributed by atoms with E-state index in [4.69, 9.17) is 11.6 Å². The van der Waals surface area contributed by atoms with E-state index in [0.29, 0.717) is 40.5 Å². The number of hydrogen-bond acceptors (Lipinski definition) is 5. The Kier molecular flexibility index (Phi) is 5.21. The van der Waals surface area contributed by atoms with Crippen LogP contribution in [-0.2, 0) is 23.0 Å². The number of ketones is 1. The minimum Gasteiger partial charge on any atom is -0.292 e. The molecule has 0 fully saturated rings. The van der Waals surface area contributed by atoms with E-state index in [1.165, 1.54) is 10.4 Å². The van der Waals surface area contributed by atoms with Crippen LogP contribution in [-0.4, -0.2) is 36.8 Å². The van der Waals surface area contributed by atoms with Crippen LogP contribution in [0.25, 0.3) is 11.3 Å². The molecule has 154 valence electrons. The van der Waals surface area contributed by atoms with Crippen LogP contribution in [0.2, 0.25) is 5.02 Å². The molecule has 1 aliphatic rings. The van der Waals surface area contributed by atoms with Gasteiger partial charge in [-0.3, -0.25) is 13.9 Å². The van der Waals surface area contributed by atoms with Crippen molar-refractivity contribution >= 4 is 33.1 Å². The van der Waals surface area contributed by atoms with E-state index in [1.54, 1.807) is 42.5 Å². The first-order valence-electron chi connectivity index (χ1n) is 9.21. The lowest BCUT2D eigenvalue weighted by Crippen LogP contribution is -2.27. The average molecular weight is 444 g/mol. The number of hydrogen-bond donors (Lipinski definition) is 0. The topological polar surface area (TPSA) is 89.3 Å². The second-order valence-electron chi connectivity index (χ2n) is 7.05. The van der Waals surface area contributed by atoms with Crippen molar-refractivity contribution in [2.45, 2.75) is 13.0 Å². The number of carbonyl (C=O) groups excluding carboxylic acids is 1. The van der Waals surface area contributed by atoms with Crippen LogP contribution < -0.4 is 9.86 Å². The number of rotatable bonds is 5. The van der Waals surface area contributed by atoms with E-state index >= 15 is 0 Å². The zero-order chi connectivity index (χ0) is 21.5. The molecule has 0 radical (unpaired) electrons. The third-order valence-corrected chi connectivity index (χ3v) is 6.47. The van der Waals surface area contributed by atoms with E-state index in [0.717, 1.165) is 16.5 Å². The van der Waals surface area contributed by atoms with Crippen molar-refractivity contribution in [3.63, 3.8) is 0 Å². The number of fused-ring (bicyclic) bond motifs is 1. The van der Waals surface area contributed by atoms with Crippen LogP contribution in [0.1, 0.15) is 15.9 Å². The second-order valence-corrected chi connectivity index (χ2v) is 9.36. The summed E-state index contributed by atoms with van der Waals surface area (Å²) in [7, 11) is -3.36. The third-order valence-electron chi connectivity index (χ3n) is 4.96. The van der Waals surface area contributed by atoms with Crippen LogP contribution in [0.5, 0.6) is 0 Å². The molecule has 0 atom stereocenters. The predicted molar refractivity (Wildman–Crippen MR) is 116 cm³/mol. The number of Topliss-reactive ketones (excluding diaryl/α,β-unsaturated/α-hetero) is 1. The summed E-state index contributed by atoms with van der Waals surface area (Å²) in [6, 6.07) is 14.9. The number of sulfonamides is 1. The van der Waals surface area contributed by atoms with Gasteiger partial charge in [-0.05, 0) is 42.3 Å². The van der Waals surface area contributed by atoms with E-state index in [-0.39, 0.29) is 12.3 Å². The van der Waals surface area contributed by atoms with Crippen molar-refractivity contribution in [2.75, 3.05) is 17.1 Å². The summed E-state index contributed by atoms with van der Waals surface area (Å²) in [6.45, 7) is 0.123. The second kappa shape index (κ2) is 7.70. The Morgan fingerprint density at radius 3 is 2.63 bits per heavy atom. The monoisotopic (exact) mass is 443 g/mol. The van der Waals surface area contributed by atoms with Gasteiger partial charge in [0.25, 0.3) is 5.56 Å². The number of carbonyl (C=O) groups is 1. The average Bonchev–Trinajstić information content (AvgIpc) is 3.14. The summed E-state index contributed by atoms with van der Waals surface area (Å²) >= 11 is 6.21. The van der Waals surface area contributed by atoms with Crippen molar-refractivity contribution in [2.24, 2.45) is 0 Å². The van der Waals surface area contributed by atoms with E-state index in [9.17, 15) is 18.0 Å². The summed E-state index contributed by atoms with van der Waals surface area (Å²) in [5.41, 5.74) is 2.54. The highest BCUT2D eigenvalue weighted by atomic mass is 35.5. The van der Waals surface area contributed by atoms with Crippen LogP contribution in [0, 0.1) is 0 Å². The molecule has 30 heavy (non-hydrogen) atoms. The molecule has 2 heterocycles. The molecule has 0 bridgehead atoms. The Balaban J connectivity index is 1.62. The first-order chi connectivity index (χ1) is 14.2. The van der Waals surface area contributed by atoms with Crippen molar-refractivity contribution < 1.29 is 13.2 Å². The van der Waals surface area contributed by atoms with Gasteiger partial charge < -0.3 is 0 Å². The number of anilines is 1. The highest BCUT2D eigenvalue weighted by molar-refractivity contribution is 7.92. The van der Waals surface area contributed by atoms with Crippen LogP contribution in [0.4, 0.5) is 5.69 Å². The first-order valence-corrected chi connectivity index (χ1v) is 11.4. The van der Waals surface area contributed by atoms with Crippen molar-refractivity contribution in [1.82, 2.24) is 9.78 Å². The molecule has 2 aromatic carbocycles. The molecule has 0 N–H and O–H groups in total. The maximum atomic E-state index is 12.8. The summed E-state index contributed by atoms with van der Waals surface area (Å²) in [5, 5.41) is 4.79. The number of aromatic nitrogens is 2. The van der Waals surface area contributed by atoms with Gasteiger partial charge in [-0.25, -0.2) is 13.1 Å². The van der Waals surface area contributed by atoms with E-state index < -0.39 is 15.6 Å². The molecule has 3 aromatic rings. The molecular formula is C21H18ClN3O4S. The van der Waals surface area contributed by atoms with Crippen LogP contribution in [0.3, 0.4) is 0 Å². The molecule has 0 unspecified atom stereocenters. The highest BCUT2D eigenvalue weighted by Gasteiger charge is 2.26. The molecule has 0 aliphatic carbocycles. The highest BCUT2D eigenvalue weighted by Crippen LogP contribution is 2.31. The molecule has 9 heteroatoms. The minimum atomic E-state index is -3.36. The van der Waals surface area contributed by atoms with Crippen LogP contribution in [0.15, 0.2) is 59.4 Å². The van der Waals surface area contributed by atoms with Gasteiger partial charge in [0.05, 0.1) is 22.7 Å². The summed E-state index contributed by atoms with van der Waals surface area (Å²) in [6.07, 6.45) is 1.69. The fourth-order valence-corrected chi connectivity index (χ4v) is 4.68. The van der Waals surface area contributed by atoms with Crippen molar-refractivity contribution in [3.05, 3.63) is 81.1 Å². The standard InChI is InChI=1S/C21H18ClN3O4S/c1-30(28,29)25-11-10-14-12-15(6-8-19(14)25)20(26)13-24-21(27)9-7-18(23-24)16-4-2-3-5-17(16)22/h2-9,12H,10-11,13H2,1H3. The van der Waals surface area contributed by atoms with E-state index in [2.05, 4.69) is 5.10 Å². The SMILES string of the molecule is CS(=O)(=O)N1CCc2cc(C(=O)Cn3nc(-c4ccccc4Cl)ccc3=O)ccc21. The maximum Gasteiger partial charge on any atom is 0.267 e. The maximum absolute atomic E-state index is 12.8. The number of halogens is 1. The summed E-state index contributed by atoms with van der Waals surface area (Å²) < 4.78 is 26.2. The Labute approximate surface area is 178 Å². The summed E-state index contributed by atoms with van der Waals surface area (Å²) in [4.78, 5) is 25.0. The smallest absolute Gasteiger partial charge is 0.267 e. The molecule has 4 rings (SSSR count). The zero-order valence-corrected chi connectivity index (χ0v) is 17.7. The van der Waals surface area contributed by atoms with Crippen LogP contribution >= 0.6 is 11.6 Å². The zero-order valence-electron chi connectivity index (χ0n) is 16.1. The van der Waals surface area contributed by atoms with Gasteiger partial charge >= 0.3 is 0 Å². The van der Waals surface area contributed by atoms with Gasteiger partial charge in [0.1, 0.15) is 6.54 Å². The minimum absolute atomic E-state index is 0.230. The summed E-state index contributed by atoms with van der Waals surface area (Å²) in [5.74, 6) is -0.290. The molecule has 1 aliphatic heterocycles. The van der Waals surface area contributed by atoms with Gasteiger partial charge in [0.15, 0.2) is 5.78 Å². The third kappa shape index (κ3) is 3.88. The normalized spacial score (nSPS) is 13.3. The molecule has 1 aromatic heterocycles. The fourth-order valence-electron chi connectivity index (χ4n) is 3.49. The molecule has 7 nitrogen and oxygen atoms in total. The quantitative estimate of drug-likeness (QED) is 0.565. The van der Waals surface area contributed by atoms with E-state index in [1.807, 2.05) is 6.07 Å². The first kappa shape index (κ1) is 20.3. The Morgan fingerprint density at radius 2 is 1.90 bits per heavy atom. The molecular weight excluding hydrogens is 426 g/mol. The number of nitrogens with zero attached hydrogens (tertiary/aromatic N) is 3. The van der Waals surface area contributed by atoms with Gasteiger partial charge in [0.2, 0.25) is 10.0 Å². The van der Waals surface area contributed by atoms with Crippen molar-refractivity contribution in [3.8, 4) is 11.3 Å². The molecule has 0 spiro atoms. The predicted octanol–water partition coefficient (Wildman–Crippen LogP) is 2.77. The van der Waals surface area contributed by atoms with Gasteiger partial charge in [0, 0.05) is 23.7 Å². The number of benzene rings is 2. The van der Waals surface area contributed by atoms with Gasteiger partial charge in [-0.1, -0.05) is 29.8 Å². The lowest BCUT2D eigenvalue weighted by atomic mass is 10.1. The lowest BCUT2D eigenvalue weighted by Gasteiger charge is -2.16. The molecule has 0 saturated carbocycles. The molecule has 0 saturated heterocycles. The Bertz CT molecular complexity index is 1320. The van der Waals surface area contributed by atoms with Gasteiger partial charge in [-0.2, -0.15) is 5.10 Å². The Morgan fingerprint density at radius 1 is 1.13 bits per heavy atom. The largest absolute Gasteiger partial charge is 0.292 e. The fraction of sp³-hybridized carbons (Fsp3) is 0.190.